The molecule has 8 heteroatoms. The number of amides is 1. The van der Waals surface area contributed by atoms with Gasteiger partial charge in [0.05, 0.1) is 17.3 Å². The standard InChI is InChI=1S/C16H18N4O3S/c1-18-9-14(17-11-18)16(21)20-8-12-7-19(10-15(12)20)24(22,23)13-5-3-2-4-6-13/h2-6,9,11-12,15H,7-8,10H2,1H3/t12-,15+/m0/s1. The van der Waals surface area contributed by atoms with Crippen LogP contribution in [-0.2, 0) is 17.1 Å². The van der Waals surface area contributed by atoms with Crippen molar-refractivity contribution in [1.29, 1.82) is 0 Å². The van der Waals surface area contributed by atoms with Crippen LogP contribution in [0.25, 0.3) is 0 Å². The fourth-order valence-corrected chi connectivity index (χ4v) is 4.98. The summed E-state index contributed by atoms with van der Waals surface area (Å²) in [5, 5.41) is 0. The number of rotatable bonds is 3. The van der Waals surface area contributed by atoms with Gasteiger partial charge in [-0.1, -0.05) is 18.2 Å². The number of nitrogens with zero attached hydrogens (tertiary/aromatic N) is 4. The average molecular weight is 346 g/mol. The number of carbonyl (C=O) groups is 1. The van der Waals surface area contributed by atoms with Gasteiger partial charge >= 0.3 is 0 Å². The summed E-state index contributed by atoms with van der Waals surface area (Å²) in [4.78, 5) is 18.6. The van der Waals surface area contributed by atoms with Crippen molar-refractivity contribution in [3.63, 3.8) is 0 Å². The van der Waals surface area contributed by atoms with E-state index in [0.717, 1.165) is 0 Å². The third kappa shape index (κ3) is 2.33. The molecule has 2 aliphatic heterocycles. The maximum absolute atomic E-state index is 12.7. The highest BCUT2D eigenvalue weighted by atomic mass is 32.2. The Labute approximate surface area is 140 Å². The van der Waals surface area contributed by atoms with E-state index >= 15 is 0 Å². The third-order valence-corrected chi connectivity index (χ3v) is 6.62. The van der Waals surface area contributed by atoms with Crippen molar-refractivity contribution in [2.75, 3.05) is 19.6 Å². The number of benzene rings is 1. The molecule has 3 heterocycles. The zero-order chi connectivity index (χ0) is 16.9. The minimum atomic E-state index is -3.50. The molecule has 2 atom stereocenters. The molecular weight excluding hydrogens is 328 g/mol. The van der Waals surface area contributed by atoms with Crippen LogP contribution in [0.15, 0.2) is 47.8 Å². The number of aromatic nitrogens is 2. The van der Waals surface area contributed by atoms with Crippen molar-refractivity contribution in [1.82, 2.24) is 18.8 Å². The number of fused-ring (bicyclic) bond motifs is 1. The Morgan fingerprint density at radius 1 is 1.17 bits per heavy atom. The number of sulfonamides is 1. The molecule has 2 fully saturated rings. The van der Waals surface area contributed by atoms with E-state index in [1.165, 1.54) is 4.31 Å². The van der Waals surface area contributed by atoms with Crippen molar-refractivity contribution in [3.05, 3.63) is 48.5 Å². The van der Waals surface area contributed by atoms with E-state index < -0.39 is 10.0 Å². The summed E-state index contributed by atoms with van der Waals surface area (Å²) in [5.74, 6) is 0.0759. The summed E-state index contributed by atoms with van der Waals surface area (Å²) < 4.78 is 28.6. The smallest absolute Gasteiger partial charge is 0.274 e. The Balaban J connectivity index is 1.50. The lowest BCUT2D eigenvalue weighted by Crippen LogP contribution is -2.58. The largest absolute Gasteiger partial charge is 0.340 e. The predicted molar refractivity (Wildman–Crippen MR) is 86.7 cm³/mol. The molecule has 1 aromatic carbocycles. The Morgan fingerprint density at radius 2 is 1.92 bits per heavy atom. The van der Waals surface area contributed by atoms with Gasteiger partial charge in [0.1, 0.15) is 5.69 Å². The number of aryl methyl sites for hydroxylation is 1. The van der Waals surface area contributed by atoms with Crippen LogP contribution in [0.2, 0.25) is 0 Å². The molecule has 0 saturated carbocycles. The van der Waals surface area contributed by atoms with Gasteiger partial charge < -0.3 is 9.47 Å². The average Bonchev–Trinajstić information content (AvgIpc) is 3.13. The lowest BCUT2D eigenvalue weighted by molar-refractivity contribution is 0.0322. The van der Waals surface area contributed by atoms with Crippen LogP contribution < -0.4 is 0 Å². The molecule has 2 saturated heterocycles. The summed E-state index contributed by atoms with van der Waals surface area (Å²) >= 11 is 0. The van der Waals surface area contributed by atoms with Gasteiger partial charge in [-0.15, -0.1) is 0 Å². The van der Waals surface area contributed by atoms with Gasteiger partial charge in [0.2, 0.25) is 10.0 Å². The molecule has 2 aliphatic rings. The fraction of sp³-hybridized carbons (Fsp3) is 0.375. The Kier molecular flexibility index (Phi) is 3.47. The van der Waals surface area contributed by atoms with Gasteiger partial charge in [0.15, 0.2) is 0 Å². The van der Waals surface area contributed by atoms with E-state index in [0.29, 0.717) is 30.2 Å². The maximum atomic E-state index is 12.7. The molecule has 4 rings (SSSR count). The second kappa shape index (κ2) is 5.42. The van der Waals surface area contributed by atoms with Crippen LogP contribution >= 0.6 is 0 Å². The first-order chi connectivity index (χ1) is 11.5. The van der Waals surface area contributed by atoms with Crippen LogP contribution in [0.5, 0.6) is 0 Å². The minimum absolute atomic E-state index is 0.0574. The lowest BCUT2D eigenvalue weighted by atomic mass is 9.92. The van der Waals surface area contributed by atoms with Crippen LogP contribution in [-0.4, -0.2) is 58.8 Å². The zero-order valence-electron chi connectivity index (χ0n) is 13.2. The molecule has 2 aromatic rings. The highest BCUT2D eigenvalue weighted by Crippen LogP contribution is 2.35. The minimum Gasteiger partial charge on any atom is -0.340 e. The molecule has 0 radical (unpaired) electrons. The monoisotopic (exact) mass is 346 g/mol. The van der Waals surface area contributed by atoms with Crippen LogP contribution in [0.3, 0.4) is 0 Å². The molecule has 1 aromatic heterocycles. The lowest BCUT2D eigenvalue weighted by Gasteiger charge is -2.43. The summed E-state index contributed by atoms with van der Waals surface area (Å²) in [7, 11) is -1.69. The van der Waals surface area contributed by atoms with Crippen LogP contribution in [0, 0.1) is 5.92 Å². The van der Waals surface area contributed by atoms with Gasteiger partial charge in [0.25, 0.3) is 5.91 Å². The van der Waals surface area contributed by atoms with Crippen molar-refractivity contribution in [2.24, 2.45) is 13.0 Å². The predicted octanol–water partition coefficient (Wildman–Crippen LogP) is 0.565. The molecule has 0 bridgehead atoms. The second-order valence-electron chi connectivity index (χ2n) is 6.34. The summed E-state index contributed by atoms with van der Waals surface area (Å²) in [5.41, 5.74) is 0.403. The molecule has 0 aliphatic carbocycles. The molecule has 7 nitrogen and oxygen atoms in total. The van der Waals surface area contributed by atoms with Crippen molar-refractivity contribution >= 4 is 15.9 Å². The van der Waals surface area contributed by atoms with E-state index in [1.807, 2.05) is 7.05 Å². The van der Waals surface area contributed by atoms with Crippen LogP contribution in [0.4, 0.5) is 0 Å². The number of carbonyl (C=O) groups excluding carboxylic acids is 1. The zero-order valence-corrected chi connectivity index (χ0v) is 14.1. The molecule has 1 amide bonds. The van der Waals surface area contributed by atoms with E-state index in [2.05, 4.69) is 4.98 Å². The maximum Gasteiger partial charge on any atom is 0.274 e. The normalized spacial score (nSPS) is 23.8. The molecule has 0 spiro atoms. The number of hydrogen-bond donors (Lipinski definition) is 0. The fourth-order valence-electron chi connectivity index (χ4n) is 3.44. The molecule has 0 unspecified atom stereocenters. The first kappa shape index (κ1) is 15.3. The van der Waals surface area contributed by atoms with Crippen molar-refractivity contribution in [3.8, 4) is 0 Å². The Morgan fingerprint density at radius 3 is 2.58 bits per heavy atom. The van der Waals surface area contributed by atoms with Crippen molar-refractivity contribution in [2.45, 2.75) is 10.9 Å². The van der Waals surface area contributed by atoms with E-state index in [-0.39, 0.29) is 17.9 Å². The van der Waals surface area contributed by atoms with Gasteiger partial charge in [-0.3, -0.25) is 4.79 Å². The van der Waals surface area contributed by atoms with E-state index in [1.54, 1.807) is 52.3 Å². The molecule has 0 N–H and O–H groups in total. The summed E-state index contributed by atoms with van der Waals surface area (Å²) in [6.07, 6.45) is 3.27. The number of hydrogen-bond acceptors (Lipinski definition) is 4. The topological polar surface area (TPSA) is 75.5 Å². The highest BCUT2D eigenvalue weighted by molar-refractivity contribution is 7.89. The second-order valence-corrected chi connectivity index (χ2v) is 8.28. The quantitative estimate of drug-likeness (QED) is 0.814. The first-order valence-corrected chi connectivity index (χ1v) is 9.25. The van der Waals surface area contributed by atoms with Crippen LogP contribution in [0.1, 0.15) is 10.5 Å². The van der Waals surface area contributed by atoms with Gasteiger partial charge in [-0.2, -0.15) is 4.31 Å². The highest BCUT2D eigenvalue weighted by Gasteiger charge is 2.51. The summed E-state index contributed by atoms with van der Waals surface area (Å²) in [6, 6.07) is 8.37. The third-order valence-electron chi connectivity index (χ3n) is 4.77. The summed E-state index contributed by atoms with van der Waals surface area (Å²) in [6.45, 7) is 1.40. The number of likely N-dealkylation sites (tertiary alicyclic amines) is 1. The SMILES string of the molecule is Cn1cnc(C(=O)N2C[C@@H]3CN(S(=O)(=O)c4ccccc4)C[C@H]32)c1. The van der Waals surface area contributed by atoms with E-state index in [4.69, 9.17) is 0 Å². The first-order valence-electron chi connectivity index (χ1n) is 7.81. The Bertz CT molecular complexity index is 878. The molecule has 24 heavy (non-hydrogen) atoms. The molecular formula is C16H18N4O3S. The molecule has 126 valence electrons. The Hall–Kier alpha value is -2.19. The number of imidazole rings is 1. The van der Waals surface area contributed by atoms with Gasteiger partial charge in [-0.25, -0.2) is 13.4 Å². The van der Waals surface area contributed by atoms with Gasteiger partial charge in [0, 0.05) is 38.8 Å². The van der Waals surface area contributed by atoms with Crippen molar-refractivity contribution < 1.29 is 13.2 Å². The van der Waals surface area contributed by atoms with E-state index in [9.17, 15) is 13.2 Å². The van der Waals surface area contributed by atoms with Gasteiger partial charge in [-0.05, 0) is 12.1 Å².